The average Bonchev–Trinajstić information content (AvgIpc) is 3.22. The number of carbonyl (C=O) groups is 1. The molecule has 2 aromatic heterocycles. The first-order valence-corrected chi connectivity index (χ1v) is 9.81. The molecular weight excluding hydrogens is 360 g/mol. The Morgan fingerprint density at radius 1 is 1.07 bits per heavy atom. The number of imidazole rings is 1. The fourth-order valence-corrected chi connectivity index (χ4v) is 4.12. The van der Waals surface area contributed by atoms with E-state index >= 15 is 0 Å². The molecule has 138 valence electrons. The highest BCUT2D eigenvalue weighted by Gasteiger charge is 2.08. The number of hydrogen-bond donors (Lipinski definition) is 2. The van der Waals surface area contributed by atoms with Gasteiger partial charge in [0, 0.05) is 13.0 Å². The number of benzene rings is 2. The van der Waals surface area contributed by atoms with Gasteiger partial charge in [0.2, 0.25) is 11.9 Å². The number of rotatable bonds is 7. The predicted octanol–water partition coefficient (Wildman–Crippen LogP) is 4.14. The van der Waals surface area contributed by atoms with E-state index in [1.807, 2.05) is 48.5 Å². The van der Waals surface area contributed by atoms with E-state index in [1.54, 1.807) is 3.96 Å². The van der Waals surface area contributed by atoms with Crippen LogP contribution in [0.3, 0.4) is 0 Å². The molecule has 0 aliphatic carbocycles. The lowest BCUT2D eigenvalue weighted by atomic mass is 10.2. The Bertz CT molecular complexity index is 1110. The molecule has 0 aliphatic rings. The molecule has 0 unspecified atom stereocenters. The topological polar surface area (TPSA) is 79.8 Å². The van der Waals surface area contributed by atoms with Gasteiger partial charge in [-0.05, 0) is 37.1 Å². The van der Waals surface area contributed by atoms with Gasteiger partial charge in [0.05, 0.1) is 21.1 Å². The maximum Gasteiger partial charge on any atom is 0.268 e. The Kier molecular flexibility index (Phi) is 5.02. The van der Waals surface area contributed by atoms with Crippen molar-refractivity contribution in [3.63, 3.8) is 0 Å². The number of aryl methyl sites for hydroxylation is 1. The summed E-state index contributed by atoms with van der Waals surface area (Å²) in [4.78, 5) is 31.8. The Labute approximate surface area is 160 Å². The fourth-order valence-electron chi connectivity index (χ4n) is 3.09. The van der Waals surface area contributed by atoms with Crippen LogP contribution in [-0.2, 0) is 11.3 Å². The molecule has 7 heteroatoms. The van der Waals surface area contributed by atoms with Gasteiger partial charge in [-0.2, -0.15) is 0 Å². The van der Waals surface area contributed by atoms with Crippen LogP contribution in [0.2, 0.25) is 0 Å². The highest BCUT2D eigenvalue weighted by Crippen LogP contribution is 2.17. The van der Waals surface area contributed by atoms with E-state index in [9.17, 15) is 9.59 Å². The molecular formula is C20H20N4O2S. The molecule has 0 saturated carbocycles. The van der Waals surface area contributed by atoms with Crippen molar-refractivity contribution >= 4 is 44.5 Å². The summed E-state index contributed by atoms with van der Waals surface area (Å²) in [5, 5.41) is 3.59. The first kappa shape index (κ1) is 17.5. The molecule has 2 N–H and O–H groups in total. The van der Waals surface area contributed by atoms with Crippen molar-refractivity contribution in [1.82, 2.24) is 13.9 Å². The van der Waals surface area contributed by atoms with Crippen LogP contribution < -0.4 is 10.9 Å². The van der Waals surface area contributed by atoms with Crippen molar-refractivity contribution in [3.8, 4) is 0 Å². The molecule has 27 heavy (non-hydrogen) atoms. The first-order chi connectivity index (χ1) is 13.2. The number of para-hydroxylation sites is 2. The van der Waals surface area contributed by atoms with Crippen LogP contribution in [0.4, 0.5) is 5.95 Å². The van der Waals surface area contributed by atoms with Crippen molar-refractivity contribution in [2.75, 3.05) is 5.32 Å². The minimum absolute atomic E-state index is 0.0481. The largest absolute Gasteiger partial charge is 0.324 e. The maximum absolute atomic E-state index is 12.3. The smallest absolute Gasteiger partial charge is 0.268 e. The molecule has 4 rings (SSSR count). The Hall–Kier alpha value is -2.93. The number of nitrogens with zero attached hydrogens (tertiary/aromatic N) is 2. The van der Waals surface area contributed by atoms with Gasteiger partial charge in [0.15, 0.2) is 0 Å². The second kappa shape index (κ2) is 7.75. The summed E-state index contributed by atoms with van der Waals surface area (Å²) in [5.41, 5.74) is 1.82. The van der Waals surface area contributed by atoms with Crippen molar-refractivity contribution in [1.29, 1.82) is 0 Å². The molecule has 0 atom stereocenters. The lowest BCUT2D eigenvalue weighted by Gasteiger charge is -2.03. The van der Waals surface area contributed by atoms with Crippen molar-refractivity contribution in [2.45, 2.75) is 32.2 Å². The second-order valence-corrected chi connectivity index (χ2v) is 7.52. The lowest BCUT2D eigenvalue weighted by molar-refractivity contribution is -0.116. The minimum Gasteiger partial charge on any atom is -0.324 e. The van der Waals surface area contributed by atoms with Gasteiger partial charge in [-0.3, -0.25) is 18.9 Å². The van der Waals surface area contributed by atoms with Crippen molar-refractivity contribution in [3.05, 3.63) is 58.9 Å². The highest BCUT2D eigenvalue weighted by molar-refractivity contribution is 7.13. The van der Waals surface area contributed by atoms with Gasteiger partial charge >= 0.3 is 0 Å². The molecule has 4 aromatic rings. The number of nitrogens with one attached hydrogen (secondary N) is 2. The molecule has 6 nitrogen and oxygen atoms in total. The second-order valence-electron chi connectivity index (χ2n) is 6.46. The monoisotopic (exact) mass is 380 g/mol. The molecule has 0 aliphatic heterocycles. The van der Waals surface area contributed by atoms with Crippen LogP contribution in [0.15, 0.2) is 53.3 Å². The molecule has 0 bridgehead atoms. The van der Waals surface area contributed by atoms with E-state index in [0.717, 1.165) is 40.4 Å². The van der Waals surface area contributed by atoms with Gasteiger partial charge in [-0.25, -0.2) is 4.98 Å². The minimum atomic E-state index is -0.0481. The Morgan fingerprint density at radius 3 is 2.74 bits per heavy atom. The average molecular weight is 380 g/mol. The Morgan fingerprint density at radius 2 is 1.89 bits per heavy atom. The number of aromatic nitrogens is 3. The number of H-pyrrole nitrogens is 1. The number of hydrogen-bond acceptors (Lipinski definition) is 4. The summed E-state index contributed by atoms with van der Waals surface area (Å²) in [6.45, 7) is 0.698. The predicted molar refractivity (Wildman–Crippen MR) is 109 cm³/mol. The SMILES string of the molecule is O=C(CCCCCn1sc2ccccc2c1=O)Nc1nc2ccccc2[nH]1. The normalized spacial score (nSPS) is 11.3. The lowest BCUT2D eigenvalue weighted by Crippen LogP contribution is -2.14. The van der Waals surface area contributed by atoms with E-state index in [0.29, 0.717) is 18.9 Å². The highest BCUT2D eigenvalue weighted by atomic mass is 32.1. The van der Waals surface area contributed by atoms with Crippen LogP contribution in [-0.4, -0.2) is 19.8 Å². The third-order valence-electron chi connectivity index (χ3n) is 4.46. The Balaban J connectivity index is 1.23. The molecule has 0 spiro atoms. The number of anilines is 1. The zero-order valence-corrected chi connectivity index (χ0v) is 15.6. The number of fused-ring (bicyclic) bond motifs is 2. The van der Waals surface area contributed by atoms with Gasteiger partial charge in [0.1, 0.15) is 0 Å². The summed E-state index contributed by atoms with van der Waals surface area (Å²) in [6, 6.07) is 15.3. The molecule has 2 heterocycles. The van der Waals surface area contributed by atoms with Crippen LogP contribution in [0.25, 0.3) is 21.1 Å². The summed E-state index contributed by atoms with van der Waals surface area (Å²) in [5.74, 6) is 0.436. The van der Waals surface area contributed by atoms with Gasteiger partial charge in [0.25, 0.3) is 5.56 Å². The molecule has 1 amide bonds. The number of amides is 1. The van der Waals surface area contributed by atoms with Crippen LogP contribution in [0, 0.1) is 0 Å². The maximum atomic E-state index is 12.3. The van der Waals surface area contributed by atoms with Gasteiger partial charge in [-0.1, -0.05) is 42.2 Å². The number of unbranched alkanes of at least 4 members (excludes halogenated alkanes) is 2. The summed E-state index contributed by atoms with van der Waals surface area (Å²) >= 11 is 1.50. The van der Waals surface area contributed by atoms with E-state index in [-0.39, 0.29) is 11.5 Å². The van der Waals surface area contributed by atoms with E-state index in [4.69, 9.17) is 0 Å². The van der Waals surface area contributed by atoms with Crippen LogP contribution in [0.1, 0.15) is 25.7 Å². The number of aromatic amines is 1. The first-order valence-electron chi connectivity index (χ1n) is 9.04. The van der Waals surface area contributed by atoms with Crippen molar-refractivity contribution in [2.24, 2.45) is 0 Å². The zero-order valence-electron chi connectivity index (χ0n) is 14.8. The van der Waals surface area contributed by atoms with Gasteiger partial charge in [-0.15, -0.1) is 0 Å². The molecule has 0 fully saturated rings. The summed E-state index contributed by atoms with van der Waals surface area (Å²) in [6.07, 6.45) is 3.00. The van der Waals surface area contributed by atoms with Gasteiger partial charge < -0.3 is 4.98 Å². The van der Waals surface area contributed by atoms with E-state index in [2.05, 4.69) is 15.3 Å². The zero-order chi connectivity index (χ0) is 18.6. The standard InChI is InChI=1S/C20H20N4O2S/c25-18(23-20-21-15-9-4-5-10-16(15)22-20)12-2-1-7-13-24-19(26)14-8-3-6-11-17(14)27-24/h3-6,8-11H,1-2,7,12-13H2,(H2,21,22,23,25). The third-order valence-corrected chi connectivity index (χ3v) is 5.59. The third kappa shape index (κ3) is 3.93. The molecule has 2 aromatic carbocycles. The number of carbonyl (C=O) groups excluding carboxylic acids is 1. The fraction of sp³-hybridized carbons (Fsp3) is 0.250. The van der Waals surface area contributed by atoms with E-state index in [1.165, 1.54) is 11.5 Å². The summed E-state index contributed by atoms with van der Waals surface area (Å²) in [7, 11) is 0. The molecule has 0 saturated heterocycles. The summed E-state index contributed by atoms with van der Waals surface area (Å²) < 4.78 is 2.83. The quantitative estimate of drug-likeness (QED) is 0.473. The van der Waals surface area contributed by atoms with Crippen LogP contribution >= 0.6 is 11.5 Å². The van der Waals surface area contributed by atoms with E-state index < -0.39 is 0 Å². The van der Waals surface area contributed by atoms with Crippen molar-refractivity contribution < 1.29 is 4.79 Å². The molecule has 0 radical (unpaired) electrons. The van der Waals surface area contributed by atoms with Crippen LogP contribution in [0.5, 0.6) is 0 Å².